The molecular formula is C12H17BrN2O. The molecule has 1 aromatic rings. The van der Waals surface area contributed by atoms with Crippen molar-refractivity contribution in [3.63, 3.8) is 0 Å². The number of hydrogen-bond acceptors (Lipinski definition) is 3. The van der Waals surface area contributed by atoms with Crippen LogP contribution in [-0.4, -0.2) is 23.2 Å². The molecule has 1 fully saturated rings. The Morgan fingerprint density at radius 2 is 2.00 bits per heavy atom. The molecule has 0 amide bonds. The molecule has 1 aliphatic heterocycles. The number of hydrazine groups is 1. The summed E-state index contributed by atoms with van der Waals surface area (Å²) in [7, 11) is 0. The summed E-state index contributed by atoms with van der Waals surface area (Å²) < 4.78 is 0.755. The van der Waals surface area contributed by atoms with Gasteiger partial charge < -0.3 is 5.11 Å². The van der Waals surface area contributed by atoms with Gasteiger partial charge in [-0.2, -0.15) is 0 Å². The Kier molecular flexibility index (Phi) is 4.21. The van der Waals surface area contributed by atoms with E-state index in [2.05, 4.69) is 26.4 Å². The lowest BCUT2D eigenvalue weighted by Gasteiger charge is -2.27. The number of para-hydroxylation sites is 1. The van der Waals surface area contributed by atoms with Crippen LogP contribution in [0.2, 0.25) is 0 Å². The summed E-state index contributed by atoms with van der Waals surface area (Å²) in [5.74, 6) is 0.340. The molecule has 1 saturated heterocycles. The van der Waals surface area contributed by atoms with Gasteiger partial charge in [-0.15, -0.1) is 0 Å². The Morgan fingerprint density at radius 3 is 2.75 bits per heavy atom. The van der Waals surface area contributed by atoms with Crippen LogP contribution in [0, 0.1) is 0 Å². The van der Waals surface area contributed by atoms with Gasteiger partial charge in [0.05, 0.1) is 4.47 Å². The summed E-state index contributed by atoms with van der Waals surface area (Å²) in [5.41, 5.74) is 4.29. The van der Waals surface area contributed by atoms with Crippen molar-refractivity contribution in [3.05, 3.63) is 28.2 Å². The molecule has 1 aliphatic rings. The van der Waals surface area contributed by atoms with Gasteiger partial charge in [-0.25, -0.2) is 5.01 Å². The van der Waals surface area contributed by atoms with Gasteiger partial charge >= 0.3 is 0 Å². The highest BCUT2D eigenvalue weighted by molar-refractivity contribution is 9.10. The Hall–Kier alpha value is -0.580. The number of aromatic hydroxyl groups is 1. The number of piperidine rings is 1. The SMILES string of the molecule is Oc1c(Br)cccc1CNN1CCCCC1. The van der Waals surface area contributed by atoms with E-state index in [0.29, 0.717) is 12.3 Å². The van der Waals surface area contributed by atoms with Crippen LogP contribution in [0.4, 0.5) is 0 Å². The molecule has 0 bridgehead atoms. The molecule has 0 unspecified atom stereocenters. The van der Waals surface area contributed by atoms with Crippen molar-refractivity contribution in [2.45, 2.75) is 25.8 Å². The summed E-state index contributed by atoms with van der Waals surface area (Å²) in [6, 6.07) is 5.73. The van der Waals surface area contributed by atoms with E-state index >= 15 is 0 Å². The van der Waals surface area contributed by atoms with E-state index in [1.807, 2.05) is 18.2 Å². The van der Waals surface area contributed by atoms with Crippen molar-refractivity contribution < 1.29 is 5.11 Å². The minimum atomic E-state index is 0.340. The fourth-order valence-electron chi connectivity index (χ4n) is 1.95. The number of halogens is 1. The third-order valence-electron chi connectivity index (χ3n) is 2.92. The predicted molar refractivity (Wildman–Crippen MR) is 68.1 cm³/mol. The standard InChI is InChI=1S/C12H17BrN2O/c13-11-6-4-5-10(12(11)16)9-14-15-7-2-1-3-8-15/h4-6,14,16H,1-3,7-9H2. The van der Waals surface area contributed by atoms with Crippen LogP contribution in [-0.2, 0) is 6.54 Å². The van der Waals surface area contributed by atoms with Crippen LogP contribution in [0.25, 0.3) is 0 Å². The zero-order valence-corrected chi connectivity index (χ0v) is 10.8. The highest BCUT2D eigenvalue weighted by Gasteiger charge is 2.10. The molecule has 4 heteroatoms. The number of benzene rings is 1. The fraction of sp³-hybridized carbons (Fsp3) is 0.500. The topological polar surface area (TPSA) is 35.5 Å². The number of rotatable bonds is 3. The van der Waals surface area contributed by atoms with E-state index in [9.17, 15) is 5.11 Å². The van der Waals surface area contributed by atoms with Crippen molar-refractivity contribution in [2.24, 2.45) is 0 Å². The minimum absolute atomic E-state index is 0.340. The molecule has 0 radical (unpaired) electrons. The van der Waals surface area contributed by atoms with Gasteiger partial charge in [0, 0.05) is 25.2 Å². The predicted octanol–water partition coefficient (Wildman–Crippen LogP) is 2.65. The second kappa shape index (κ2) is 5.66. The molecule has 0 spiro atoms. The molecule has 16 heavy (non-hydrogen) atoms. The summed E-state index contributed by atoms with van der Waals surface area (Å²) in [6.45, 7) is 2.90. The zero-order chi connectivity index (χ0) is 11.4. The average molecular weight is 285 g/mol. The van der Waals surface area contributed by atoms with Crippen LogP contribution in [0.15, 0.2) is 22.7 Å². The Morgan fingerprint density at radius 1 is 1.25 bits per heavy atom. The lowest BCUT2D eigenvalue weighted by Crippen LogP contribution is -2.41. The van der Waals surface area contributed by atoms with E-state index in [1.165, 1.54) is 19.3 Å². The molecule has 1 aromatic carbocycles. The van der Waals surface area contributed by atoms with E-state index < -0.39 is 0 Å². The summed E-state index contributed by atoms with van der Waals surface area (Å²) in [4.78, 5) is 0. The lowest BCUT2D eigenvalue weighted by atomic mass is 10.1. The highest BCUT2D eigenvalue weighted by Crippen LogP contribution is 2.27. The highest BCUT2D eigenvalue weighted by atomic mass is 79.9. The van der Waals surface area contributed by atoms with Crippen molar-refractivity contribution in [1.82, 2.24) is 10.4 Å². The van der Waals surface area contributed by atoms with Gasteiger partial charge in [-0.1, -0.05) is 18.6 Å². The van der Waals surface area contributed by atoms with Crippen LogP contribution in [0.3, 0.4) is 0 Å². The van der Waals surface area contributed by atoms with Crippen molar-refractivity contribution in [1.29, 1.82) is 0 Å². The molecule has 0 aliphatic carbocycles. The normalized spacial score (nSPS) is 17.6. The first-order chi connectivity index (χ1) is 7.77. The van der Waals surface area contributed by atoms with E-state index in [1.54, 1.807) is 0 Å². The third kappa shape index (κ3) is 2.97. The number of phenolic OH excluding ortho intramolecular Hbond substituents is 1. The van der Waals surface area contributed by atoms with E-state index in [-0.39, 0.29) is 0 Å². The van der Waals surface area contributed by atoms with Gasteiger partial charge in [0.15, 0.2) is 0 Å². The lowest BCUT2D eigenvalue weighted by molar-refractivity contribution is 0.150. The van der Waals surface area contributed by atoms with E-state index in [0.717, 1.165) is 23.1 Å². The average Bonchev–Trinajstić information content (AvgIpc) is 2.32. The Balaban J connectivity index is 1.91. The molecule has 1 heterocycles. The maximum atomic E-state index is 9.82. The fourth-order valence-corrected chi connectivity index (χ4v) is 2.36. The van der Waals surface area contributed by atoms with Crippen molar-refractivity contribution in [3.8, 4) is 5.75 Å². The minimum Gasteiger partial charge on any atom is -0.506 e. The second-order valence-electron chi connectivity index (χ2n) is 4.13. The third-order valence-corrected chi connectivity index (χ3v) is 3.56. The second-order valence-corrected chi connectivity index (χ2v) is 4.98. The maximum Gasteiger partial charge on any atom is 0.134 e. The van der Waals surface area contributed by atoms with Crippen LogP contribution >= 0.6 is 15.9 Å². The van der Waals surface area contributed by atoms with Gasteiger partial charge in [-0.3, -0.25) is 5.43 Å². The number of hydrogen-bond donors (Lipinski definition) is 2. The van der Waals surface area contributed by atoms with E-state index in [4.69, 9.17) is 0 Å². The van der Waals surface area contributed by atoms with Crippen LogP contribution < -0.4 is 5.43 Å². The van der Waals surface area contributed by atoms with Crippen molar-refractivity contribution >= 4 is 15.9 Å². The quantitative estimate of drug-likeness (QED) is 0.896. The monoisotopic (exact) mass is 284 g/mol. The van der Waals surface area contributed by atoms with Gasteiger partial charge in [0.2, 0.25) is 0 Å². The largest absolute Gasteiger partial charge is 0.506 e. The van der Waals surface area contributed by atoms with Gasteiger partial charge in [0.1, 0.15) is 5.75 Å². The zero-order valence-electron chi connectivity index (χ0n) is 9.25. The molecule has 3 nitrogen and oxygen atoms in total. The first-order valence-corrected chi connectivity index (χ1v) is 6.51. The summed E-state index contributed by atoms with van der Waals surface area (Å²) >= 11 is 3.32. The molecule has 2 N–H and O–H groups in total. The van der Waals surface area contributed by atoms with Crippen molar-refractivity contribution in [2.75, 3.05) is 13.1 Å². The van der Waals surface area contributed by atoms with Gasteiger partial charge in [0.25, 0.3) is 0 Å². The number of nitrogens with one attached hydrogen (secondary N) is 1. The smallest absolute Gasteiger partial charge is 0.134 e. The molecule has 0 aromatic heterocycles. The number of nitrogens with zero attached hydrogens (tertiary/aromatic N) is 1. The molecule has 0 atom stereocenters. The first-order valence-electron chi connectivity index (χ1n) is 5.72. The Labute approximate surface area is 105 Å². The van der Waals surface area contributed by atoms with Crippen LogP contribution in [0.1, 0.15) is 24.8 Å². The Bertz CT molecular complexity index is 351. The summed E-state index contributed by atoms with van der Waals surface area (Å²) in [6.07, 6.45) is 3.86. The van der Waals surface area contributed by atoms with Gasteiger partial charge in [-0.05, 0) is 34.8 Å². The van der Waals surface area contributed by atoms with Crippen LogP contribution in [0.5, 0.6) is 5.75 Å². The maximum absolute atomic E-state index is 9.82. The molecule has 0 saturated carbocycles. The molecule has 88 valence electrons. The molecular weight excluding hydrogens is 268 g/mol. The number of phenols is 1. The molecule has 2 rings (SSSR count). The first kappa shape index (κ1) is 11.9. The summed E-state index contributed by atoms with van der Waals surface area (Å²) in [5, 5.41) is 12.1.